The van der Waals surface area contributed by atoms with Gasteiger partial charge in [-0.15, -0.1) is 24.8 Å². The number of nitrogens with zero attached hydrogens (tertiary/aromatic N) is 5. The van der Waals surface area contributed by atoms with Crippen LogP contribution < -0.4 is 24.6 Å². The number of amides is 3. The van der Waals surface area contributed by atoms with Crippen LogP contribution in [0.15, 0.2) is 54.6 Å². The minimum atomic E-state index is -0.341. The normalized spacial score (nSPS) is 14.3. The highest BCUT2D eigenvalue weighted by Gasteiger charge is 2.23. The maximum absolute atomic E-state index is 13.8. The number of hydrogen-bond acceptors (Lipinski definition) is 10. The molecular weight excluding hydrogens is 809 g/mol. The summed E-state index contributed by atoms with van der Waals surface area (Å²) in [6.45, 7) is 10.2. The lowest BCUT2D eigenvalue weighted by molar-refractivity contribution is -0.132. The Morgan fingerprint density at radius 2 is 1.57 bits per heavy atom. The van der Waals surface area contributed by atoms with E-state index in [0.29, 0.717) is 78.3 Å². The molecule has 2 aliphatic rings. The lowest BCUT2D eigenvalue weighted by Crippen LogP contribution is -2.47. The molecule has 14 nitrogen and oxygen atoms in total. The van der Waals surface area contributed by atoms with Crippen LogP contribution in [0.4, 0.5) is 17.3 Å². The molecule has 2 fully saturated rings. The Kier molecular flexibility index (Phi) is 19.2. The number of rotatable bonds is 19. The fourth-order valence-corrected chi connectivity index (χ4v) is 7.20. The van der Waals surface area contributed by atoms with Crippen molar-refractivity contribution in [1.29, 1.82) is 0 Å². The Morgan fingerprint density at radius 1 is 0.850 bits per heavy atom. The molecule has 0 saturated carbocycles. The first-order valence-corrected chi connectivity index (χ1v) is 20.6. The summed E-state index contributed by atoms with van der Waals surface area (Å²) in [4.78, 5) is 55.8. The van der Waals surface area contributed by atoms with Crippen LogP contribution in [0.1, 0.15) is 71.2 Å². The predicted octanol–water partition coefficient (Wildman–Crippen LogP) is 6.99. The number of imidazole rings is 1. The number of carbonyl (C=O) groups is 3. The van der Waals surface area contributed by atoms with Crippen molar-refractivity contribution in [2.24, 2.45) is 0 Å². The highest BCUT2D eigenvalue weighted by molar-refractivity contribution is 6.13. The molecule has 0 radical (unpaired) electrons. The van der Waals surface area contributed by atoms with Crippen molar-refractivity contribution in [3.05, 3.63) is 71.3 Å². The zero-order valence-corrected chi connectivity index (χ0v) is 37.0. The molecular formula is C44H61Cl2N7O7. The van der Waals surface area contributed by atoms with E-state index in [4.69, 9.17) is 23.9 Å². The number of likely N-dealkylation sites (N-methyl/N-ethyl adjacent to an activating group) is 1. The van der Waals surface area contributed by atoms with E-state index in [0.717, 1.165) is 95.5 Å². The number of H-pyrrole nitrogens is 1. The molecule has 16 heteroatoms. The second-order valence-electron chi connectivity index (χ2n) is 15.1. The van der Waals surface area contributed by atoms with E-state index in [1.54, 1.807) is 36.2 Å². The molecule has 0 aliphatic carbocycles. The summed E-state index contributed by atoms with van der Waals surface area (Å²) < 4.78 is 23.2. The average molecular weight is 871 g/mol. The number of methoxy groups -OCH3 is 1. The van der Waals surface area contributed by atoms with Crippen LogP contribution in [0, 0.1) is 6.92 Å². The average Bonchev–Trinajstić information content (AvgIpc) is 3.69. The topological polar surface area (TPSA) is 142 Å². The lowest BCUT2D eigenvalue weighted by atomic mass is 10.1. The first kappa shape index (κ1) is 48.1. The molecule has 0 spiro atoms. The van der Waals surface area contributed by atoms with Crippen LogP contribution in [0.5, 0.6) is 11.5 Å². The summed E-state index contributed by atoms with van der Waals surface area (Å²) in [6.07, 6.45) is 6.27. The summed E-state index contributed by atoms with van der Waals surface area (Å²) in [5.41, 5.74) is 4.27. The molecule has 1 aromatic heterocycles. The van der Waals surface area contributed by atoms with Gasteiger partial charge in [-0.1, -0.05) is 18.6 Å². The SMILES string of the molecule is COc1cc(C(=O)N(C)c2ccc(C)cc2OCCCCCOCCCCCC(=O)N2CCN(C)CC2)ccc1NC(=O)c1cccc2[nH]c(N3CCOCC3)nc12.Cl.Cl. The second kappa shape index (κ2) is 24.0. The number of halogens is 2. The molecule has 2 N–H and O–H groups in total. The van der Waals surface area contributed by atoms with Crippen LogP contribution in [0.2, 0.25) is 0 Å². The molecule has 0 unspecified atom stereocenters. The minimum absolute atomic E-state index is 0. The maximum atomic E-state index is 13.8. The Balaban J connectivity index is 0.00000397. The van der Waals surface area contributed by atoms with Crippen molar-refractivity contribution < 1.29 is 33.3 Å². The quantitative estimate of drug-likeness (QED) is 0.0948. The van der Waals surface area contributed by atoms with Crippen LogP contribution in [0.3, 0.4) is 0 Å². The van der Waals surface area contributed by atoms with E-state index < -0.39 is 0 Å². The molecule has 60 heavy (non-hydrogen) atoms. The van der Waals surface area contributed by atoms with E-state index in [1.807, 2.05) is 42.2 Å². The molecule has 3 amide bonds. The van der Waals surface area contributed by atoms with E-state index in [1.165, 1.54) is 7.11 Å². The van der Waals surface area contributed by atoms with E-state index in [2.05, 4.69) is 27.1 Å². The van der Waals surface area contributed by atoms with Gasteiger partial charge in [0.25, 0.3) is 11.8 Å². The first-order valence-electron chi connectivity index (χ1n) is 20.6. The Hall–Kier alpha value is -4.60. The van der Waals surface area contributed by atoms with Gasteiger partial charge in [0.1, 0.15) is 17.0 Å². The van der Waals surface area contributed by atoms with Gasteiger partial charge in [0, 0.05) is 71.5 Å². The highest BCUT2D eigenvalue weighted by Crippen LogP contribution is 2.32. The monoisotopic (exact) mass is 869 g/mol. The number of morpholine rings is 1. The maximum Gasteiger partial charge on any atom is 0.258 e. The summed E-state index contributed by atoms with van der Waals surface area (Å²) in [5, 5.41) is 2.95. The number of aromatic amines is 1. The molecule has 4 aromatic rings. The molecule has 2 saturated heterocycles. The molecule has 6 rings (SSSR count). The van der Waals surface area contributed by atoms with Crippen molar-refractivity contribution in [3.8, 4) is 11.5 Å². The molecule has 2 aliphatic heterocycles. The Labute approximate surface area is 366 Å². The molecule has 3 aromatic carbocycles. The number of ether oxygens (including phenoxy) is 4. The van der Waals surface area contributed by atoms with Gasteiger partial charge in [-0.2, -0.15) is 0 Å². The number of nitrogens with one attached hydrogen (secondary N) is 2. The van der Waals surface area contributed by atoms with Crippen molar-refractivity contribution in [3.63, 3.8) is 0 Å². The zero-order valence-electron chi connectivity index (χ0n) is 35.3. The summed E-state index contributed by atoms with van der Waals surface area (Å²) in [5.74, 6) is 1.39. The van der Waals surface area contributed by atoms with Crippen LogP contribution >= 0.6 is 24.8 Å². The summed E-state index contributed by atoms with van der Waals surface area (Å²) in [6, 6.07) is 16.2. The Bertz CT molecular complexity index is 2000. The van der Waals surface area contributed by atoms with Crippen molar-refractivity contribution in [1.82, 2.24) is 19.8 Å². The van der Waals surface area contributed by atoms with Gasteiger partial charge >= 0.3 is 0 Å². The number of aryl methyl sites for hydroxylation is 1. The third-order valence-corrected chi connectivity index (χ3v) is 10.8. The summed E-state index contributed by atoms with van der Waals surface area (Å²) in [7, 11) is 5.33. The number of carbonyl (C=O) groups excluding carboxylic acids is 3. The first-order chi connectivity index (χ1) is 28.2. The highest BCUT2D eigenvalue weighted by atomic mass is 35.5. The van der Waals surface area contributed by atoms with Gasteiger partial charge < -0.3 is 48.8 Å². The smallest absolute Gasteiger partial charge is 0.258 e. The standard InChI is InChI=1S/C44H59N7O7.2ClH/c1-32-15-18-37(39(30-32)58-27-10-6-9-26-56-25-8-5-7-14-40(52)50-21-19-48(2)20-22-50)49(3)43(54)33-16-17-35(38(31-33)55-4)45-42(53)34-12-11-13-36-41(34)47-44(46-36)51-23-28-57-29-24-51;;/h11-13,15-18,30-31H,5-10,14,19-29H2,1-4H3,(H,45,53)(H,46,47);2*1H. The molecule has 0 atom stereocenters. The number of unbranched alkanes of at least 4 members (excludes halogenated alkanes) is 4. The van der Waals surface area contributed by atoms with E-state index >= 15 is 0 Å². The fourth-order valence-electron chi connectivity index (χ4n) is 7.20. The molecule has 328 valence electrons. The third kappa shape index (κ3) is 13.0. The molecule has 0 bridgehead atoms. The van der Waals surface area contributed by atoms with Gasteiger partial charge in [-0.25, -0.2) is 4.98 Å². The Morgan fingerprint density at radius 3 is 2.30 bits per heavy atom. The number of hydrogen-bond donors (Lipinski definition) is 2. The third-order valence-electron chi connectivity index (χ3n) is 10.8. The van der Waals surface area contributed by atoms with Gasteiger partial charge in [0.05, 0.1) is 49.4 Å². The number of anilines is 3. The number of benzene rings is 3. The zero-order chi connectivity index (χ0) is 40.9. The largest absolute Gasteiger partial charge is 0.495 e. The van der Waals surface area contributed by atoms with Crippen molar-refractivity contribution in [2.75, 3.05) is 109 Å². The van der Waals surface area contributed by atoms with Gasteiger partial charge in [-0.3, -0.25) is 14.4 Å². The number of piperazine rings is 1. The van der Waals surface area contributed by atoms with E-state index in [-0.39, 0.29) is 42.5 Å². The second-order valence-corrected chi connectivity index (χ2v) is 15.1. The molecule has 3 heterocycles. The lowest BCUT2D eigenvalue weighted by Gasteiger charge is -2.32. The van der Waals surface area contributed by atoms with E-state index in [9.17, 15) is 14.4 Å². The number of para-hydroxylation sites is 1. The van der Waals surface area contributed by atoms with Gasteiger partial charge in [0.15, 0.2) is 0 Å². The number of aromatic nitrogens is 2. The fraction of sp³-hybridized carbons (Fsp3) is 0.500. The summed E-state index contributed by atoms with van der Waals surface area (Å²) >= 11 is 0. The van der Waals surface area contributed by atoms with Gasteiger partial charge in [0.2, 0.25) is 11.9 Å². The van der Waals surface area contributed by atoms with Crippen LogP contribution in [0.25, 0.3) is 11.0 Å². The van der Waals surface area contributed by atoms with Crippen LogP contribution in [-0.2, 0) is 14.3 Å². The van der Waals surface area contributed by atoms with Crippen molar-refractivity contribution in [2.45, 2.75) is 51.9 Å². The predicted molar refractivity (Wildman–Crippen MR) is 241 cm³/mol. The van der Waals surface area contributed by atoms with Crippen LogP contribution in [-0.4, -0.2) is 131 Å². The van der Waals surface area contributed by atoms with Gasteiger partial charge in [-0.05, 0) is 94.1 Å². The van der Waals surface area contributed by atoms with Crippen molar-refractivity contribution >= 4 is 70.9 Å². The minimum Gasteiger partial charge on any atom is -0.495 e. The number of fused-ring (bicyclic) bond motifs is 1.